The molecule has 156 valence electrons. The first-order valence-electron chi connectivity index (χ1n) is 10.3. The second kappa shape index (κ2) is 10.3. The lowest BCUT2D eigenvalue weighted by molar-refractivity contribution is 0.0730. The van der Waals surface area contributed by atoms with Gasteiger partial charge in [-0.2, -0.15) is 4.31 Å². The van der Waals surface area contributed by atoms with Crippen molar-refractivity contribution < 1.29 is 17.9 Å². The second-order valence-electron chi connectivity index (χ2n) is 7.41. The number of morpholine rings is 1. The van der Waals surface area contributed by atoms with E-state index in [4.69, 9.17) is 4.74 Å². The maximum atomic E-state index is 12.8. The van der Waals surface area contributed by atoms with Crippen molar-refractivity contribution in [1.29, 1.82) is 0 Å². The van der Waals surface area contributed by atoms with Gasteiger partial charge in [-0.1, -0.05) is 18.9 Å². The molecule has 0 unspecified atom stereocenters. The van der Waals surface area contributed by atoms with Crippen LogP contribution < -0.4 is 5.32 Å². The van der Waals surface area contributed by atoms with Crippen molar-refractivity contribution in [2.75, 3.05) is 52.5 Å². The highest BCUT2D eigenvalue weighted by atomic mass is 32.2. The van der Waals surface area contributed by atoms with Gasteiger partial charge in [-0.3, -0.25) is 4.79 Å². The molecule has 8 heteroatoms. The molecule has 2 aliphatic rings. The zero-order chi connectivity index (χ0) is 19.8. The SMILES string of the molecule is O=C(NCCCN1CCCCCC1)c1cccc(S(=O)(=O)N2CCOCC2)c1. The first-order chi connectivity index (χ1) is 13.6. The molecule has 1 aromatic carbocycles. The van der Waals surface area contributed by atoms with Gasteiger partial charge >= 0.3 is 0 Å². The Morgan fingerprint density at radius 1 is 1.04 bits per heavy atom. The monoisotopic (exact) mass is 409 g/mol. The van der Waals surface area contributed by atoms with Gasteiger partial charge in [-0.15, -0.1) is 0 Å². The smallest absolute Gasteiger partial charge is 0.251 e. The minimum absolute atomic E-state index is 0.159. The number of rotatable bonds is 7. The van der Waals surface area contributed by atoms with Crippen molar-refractivity contribution >= 4 is 15.9 Å². The zero-order valence-electron chi connectivity index (χ0n) is 16.4. The van der Waals surface area contributed by atoms with Crippen LogP contribution in [0.15, 0.2) is 29.2 Å². The molecule has 2 saturated heterocycles. The molecule has 0 radical (unpaired) electrons. The van der Waals surface area contributed by atoms with E-state index in [1.807, 2.05) is 0 Å². The Kier molecular flexibility index (Phi) is 7.84. The van der Waals surface area contributed by atoms with Crippen molar-refractivity contribution in [2.45, 2.75) is 37.0 Å². The number of nitrogens with zero attached hydrogens (tertiary/aromatic N) is 2. The van der Waals surface area contributed by atoms with Gasteiger partial charge in [0.15, 0.2) is 0 Å². The lowest BCUT2D eigenvalue weighted by Crippen LogP contribution is -2.40. The Labute approximate surface area is 168 Å². The summed E-state index contributed by atoms with van der Waals surface area (Å²) in [6.45, 7) is 5.36. The van der Waals surface area contributed by atoms with Crippen LogP contribution in [-0.4, -0.2) is 76.0 Å². The van der Waals surface area contributed by atoms with Gasteiger partial charge < -0.3 is 15.0 Å². The Bertz CT molecular complexity index is 740. The fraction of sp³-hybridized carbons (Fsp3) is 0.650. The molecular formula is C20H31N3O4S. The summed E-state index contributed by atoms with van der Waals surface area (Å²) in [4.78, 5) is 15.1. The third-order valence-corrected chi connectivity index (χ3v) is 7.23. The molecule has 2 fully saturated rings. The Hall–Kier alpha value is -1.48. The lowest BCUT2D eigenvalue weighted by Gasteiger charge is -2.26. The van der Waals surface area contributed by atoms with Crippen LogP contribution in [0.2, 0.25) is 0 Å². The predicted molar refractivity (Wildman–Crippen MR) is 108 cm³/mol. The first-order valence-corrected chi connectivity index (χ1v) is 11.7. The number of ether oxygens (including phenoxy) is 1. The van der Waals surface area contributed by atoms with Crippen molar-refractivity contribution in [1.82, 2.24) is 14.5 Å². The van der Waals surface area contributed by atoms with E-state index in [2.05, 4.69) is 10.2 Å². The highest BCUT2D eigenvalue weighted by Crippen LogP contribution is 2.18. The van der Waals surface area contributed by atoms with Crippen LogP contribution in [0.3, 0.4) is 0 Å². The van der Waals surface area contributed by atoms with E-state index in [0.29, 0.717) is 38.4 Å². The fourth-order valence-electron chi connectivity index (χ4n) is 3.70. The number of amides is 1. The van der Waals surface area contributed by atoms with Crippen LogP contribution in [0.4, 0.5) is 0 Å². The summed E-state index contributed by atoms with van der Waals surface area (Å²) in [6.07, 6.45) is 6.05. The molecule has 0 bridgehead atoms. The summed E-state index contributed by atoms with van der Waals surface area (Å²) in [5.74, 6) is -0.227. The molecule has 0 atom stereocenters. The number of carbonyl (C=O) groups excluding carboxylic acids is 1. The quantitative estimate of drug-likeness (QED) is 0.694. The van der Waals surface area contributed by atoms with Crippen molar-refractivity contribution in [3.05, 3.63) is 29.8 Å². The zero-order valence-corrected chi connectivity index (χ0v) is 17.3. The van der Waals surface area contributed by atoms with Gasteiger partial charge in [-0.25, -0.2) is 8.42 Å². The number of hydrogen-bond donors (Lipinski definition) is 1. The van der Waals surface area contributed by atoms with E-state index in [9.17, 15) is 13.2 Å². The summed E-state index contributed by atoms with van der Waals surface area (Å²) in [7, 11) is -3.59. The van der Waals surface area contributed by atoms with E-state index in [-0.39, 0.29) is 10.8 Å². The molecule has 0 spiro atoms. The van der Waals surface area contributed by atoms with Crippen LogP contribution in [-0.2, 0) is 14.8 Å². The van der Waals surface area contributed by atoms with Gasteiger partial charge in [0, 0.05) is 25.2 Å². The van der Waals surface area contributed by atoms with Gasteiger partial charge in [0.05, 0.1) is 18.1 Å². The average Bonchev–Trinajstić information content (AvgIpc) is 3.00. The largest absolute Gasteiger partial charge is 0.379 e. The second-order valence-corrected chi connectivity index (χ2v) is 9.35. The predicted octanol–water partition coefficient (Wildman–Crippen LogP) is 1.70. The van der Waals surface area contributed by atoms with E-state index in [0.717, 1.165) is 26.1 Å². The van der Waals surface area contributed by atoms with Crippen LogP contribution >= 0.6 is 0 Å². The molecule has 1 N–H and O–H groups in total. The number of carbonyl (C=O) groups is 1. The van der Waals surface area contributed by atoms with E-state index in [1.165, 1.54) is 36.1 Å². The number of sulfonamides is 1. The van der Waals surface area contributed by atoms with Crippen molar-refractivity contribution in [3.8, 4) is 0 Å². The normalized spacial score (nSPS) is 19.9. The van der Waals surface area contributed by atoms with Crippen LogP contribution in [0, 0.1) is 0 Å². The third kappa shape index (κ3) is 5.76. The number of nitrogens with one attached hydrogen (secondary N) is 1. The Balaban J connectivity index is 1.52. The summed E-state index contributed by atoms with van der Waals surface area (Å²) >= 11 is 0. The van der Waals surface area contributed by atoms with Gasteiger partial charge in [-0.05, 0) is 57.1 Å². The Morgan fingerprint density at radius 2 is 1.75 bits per heavy atom. The highest BCUT2D eigenvalue weighted by molar-refractivity contribution is 7.89. The van der Waals surface area contributed by atoms with Gasteiger partial charge in [0.25, 0.3) is 5.91 Å². The van der Waals surface area contributed by atoms with Crippen LogP contribution in [0.5, 0.6) is 0 Å². The summed E-state index contributed by atoms with van der Waals surface area (Å²) in [6, 6.07) is 6.29. The van der Waals surface area contributed by atoms with Crippen molar-refractivity contribution in [2.24, 2.45) is 0 Å². The number of benzene rings is 1. The van der Waals surface area contributed by atoms with Gasteiger partial charge in [0.1, 0.15) is 0 Å². The molecule has 1 aromatic rings. The molecule has 7 nitrogen and oxygen atoms in total. The van der Waals surface area contributed by atoms with Crippen LogP contribution in [0.25, 0.3) is 0 Å². The fourth-order valence-corrected chi connectivity index (χ4v) is 5.15. The summed E-state index contributed by atoms with van der Waals surface area (Å²) in [5.41, 5.74) is 0.379. The average molecular weight is 410 g/mol. The van der Waals surface area contributed by atoms with Crippen molar-refractivity contribution in [3.63, 3.8) is 0 Å². The standard InChI is InChI=1S/C20H31N3O4S/c24-20(21-9-6-12-22-10-3-1-2-4-11-22)18-7-5-8-19(17-18)28(25,26)23-13-15-27-16-14-23/h5,7-8,17H,1-4,6,9-16H2,(H,21,24). The molecule has 28 heavy (non-hydrogen) atoms. The minimum Gasteiger partial charge on any atom is -0.379 e. The molecule has 0 saturated carbocycles. The number of likely N-dealkylation sites (tertiary alicyclic amines) is 1. The maximum Gasteiger partial charge on any atom is 0.251 e. The van der Waals surface area contributed by atoms with E-state index in [1.54, 1.807) is 18.2 Å². The third-order valence-electron chi connectivity index (χ3n) is 5.34. The lowest BCUT2D eigenvalue weighted by atomic mass is 10.2. The number of hydrogen-bond acceptors (Lipinski definition) is 5. The molecule has 2 aliphatic heterocycles. The first kappa shape index (κ1) is 21.2. The highest BCUT2D eigenvalue weighted by Gasteiger charge is 2.26. The Morgan fingerprint density at radius 3 is 2.46 bits per heavy atom. The summed E-state index contributed by atoms with van der Waals surface area (Å²) in [5, 5.41) is 2.92. The molecule has 0 aromatic heterocycles. The molecular weight excluding hydrogens is 378 g/mol. The topological polar surface area (TPSA) is 79.0 Å². The van der Waals surface area contributed by atoms with Gasteiger partial charge in [0.2, 0.25) is 10.0 Å². The molecule has 3 rings (SSSR count). The summed E-state index contributed by atoms with van der Waals surface area (Å²) < 4.78 is 32.2. The van der Waals surface area contributed by atoms with E-state index < -0.39 is 10.0 Å². The van der Waals surface area contributed by atoms with E-state index >= 15 is 0 Å². The molecule has 0 aliphatic carbocycles. The maximum absolute atomic E-state index is 12.8. The molecule has 1 amide bonds. The minimum atomic E-state index is -3.59. The molecule has 2 heterocycles. The van der Waals surface area contributed by atoms with Crippen LogP contribution in [0.1, 0.15) is 42.5 Å².